The van der Waals surface area contributed by atoms with Gasteiger partial charge in [-0.25, -0.2) is 4.68 Å². The Morgan fingerprint density at radius 1 is 1.03 bits per heavy atom. The topological polar surface area (TPSA) is 82.5 Å². The maximum Gasteiger partial charge on any atom is 0.266 e. The highest BCUT2D eigenvalue weighted by molar-refractivity contribution is 5.75. The van der Waals surface area contributed by atoms with Crippen molar-refractivity contribution in [2.24, 2.45) is 0 Å². The lowest BCUT2D eigenvalue weighted by molar-refractivity contribution is -0.121. The monoisotopic (exact) mass is 405 g/mol. The number of amides is 1. The molecular weight excluding hydrogens is 382 g/mol. The van der Waals surface area contributed by atoms with Gasteiger partial charge in [0.2, 0.25) is 12.7 Å². The molecule has 1 aliphatic rings. The molecule has 0 fully saturated rings. The number of carbonyl (C=O) groups is 1. The summed E-state index contributed by atoms with van der Waals surface area (Å²) in [7, 11) is 0. The molecule has 0 atom stereocenters. The maximum atomic E-state index is 12.1. The highest BCUT2D eigenvalue weighted by atomic mass is 16.7. The van der Waals surface area contributed by atoms with Crippen molar-refractivity contribution in [2.45, 2.75) is 25.8 Å². The largest absolute Gasteiger partial charge is 0.454 e. The van der Waals surface area contributed by atoms with Gasteiger partial charge in [-0.3, -0.25) is 9.59 Å². The molecule has 0 aliphatic carbocycles. The van der Waals surface area contributed by atoms with E-state index in [0.717, 1.165) is 18.4 Å². The van der Waals surface area contributed by atoms with E-state index in [1.54, 1.807) is 6.07 Å². The van der Waals surface area contributed by atoms with Crippen LogP contribution in [-0.4, -0.2) is 29.0 Å². The van der Waals surface area contributed by atoms with E-state index in [4.69, 9.17) is 9.47 Å². The van der Waals surface area contributed by atoms with Gasteiger partial charge in [-0.2, -0.15) is 5.10 Å². The molecule has 2 aromatic carbocycles. The molecule has 3 aromatic rings. The van der Waals surface area contributed by atoms with E-state index in [9.17, 15) is 9.59 Å². The van der Waals surface area contributed by atoms with Gasteiger partial charge in [0, 0.05) is 24.6 Å². The molecular formula is C23H23N3O4. The van der Waals surface area contributed by atoms with E-state index < -0.39 is 0 Å². The zero-order chi connectivity index (χ0) is 20.8. The zero-order valence-electron chi connectivity index (χ0n) is 16.5. The minimum Gasteiger partial charge on any atom is -0.454 e. The predicted octanol–water partition coefficient (Wildman–Crippen LogP) is 2.78. The Hall–Kier alpha value is -3.61. The molecule has 7 heteroatoms. The lowest BCUT2D eigenvalue weighted by Gasteiger charge is -2.09. The van der Waals surface area contributed by atoms with Gasteiger partial charge in [-0.05, 0) is 42.7 Å². The van der Waals surface area contributed by atoms with E-state index in [1.165, 1.54) is 16.3 Å². The third kappa shape index (κ3) is 4.86. The summed E-state index contributed by atoms with van der Waals surface area (Å²) in [6.45, 7) is 1.03. The summed E-state index contributed by atoms with van der Waals surface area (Å²) >= 11 is 0. The van der Waals surface area contributed by atoms with Crippen LogP contribution in [0.5, 0.6) is 11.5 Å². The normalized spacial score (nSPS) is 12.0. The van der Waals surface area contributed by atoms with Crippen molar-refractivity contribution in [3.8, 4) is 22.8 Å². The lowest BCUT2D eigenvalue weighted by Crippen LogP contribution is -2.29. The first-order valence-corrected chi connectivity index (χ1v) is 9.98. The SMILES string of the molecule is O=C(CCn1nc(-c2ccc3c(c2)OCO3)ccc1=O)NCCCc1ccccc1. The number of rotatable bonds is 8. The van der Waals surface area contributed by atoms with Crippen LogP contribution in [0.3, 0.4) is 0 Å². The van der Waals surface area contributed by atoms with Crippen LogP contribution in [-0.2, 0) is 17.8 Å². The number of hydrogen-bond donors (Lipinski definition) is 1. The molecule has 0 radical (unpaired) electrons. The van der Waals surface area contributed by atoms with Crippen molar-refractivity contribution in [1.29, 1.82) is 0 Å². The zero-order valence-corrected chi connectivity index (χ0v) is 16.5. The van der Waals surface area contributed by atoms with E-state index in [2.05, 4.69) is 22.5 Å². The second-order valence-electron chi connectivity index (χ2n) is 7.04. The van der Waals surface area contributed by atoms with Crippen LogP contribution in [0.1, 0.15) is 18.4 Å². The molecule has 1 amide bonds. The lowest BCUT2D eigenvalue weighted by atomic mass is 10.1. The summed E-state index contributed by atoms with van der Waals surface area (Å²) < 4.78 is 12.0. The molecule has 0 bridgehead atoms. The van der Waals surface area contributed by atoms with E-state index >= 15 is 0 Å². The Balaban J connectivity index is 1.30. The van der Waals surface area contributed by atoms with Gasteiger partial charge in [-0.15, -0.1) is 0 Å². The van der Waals surface area contributed by atoms with Crippen LogP contribution in [0.25, 0.3) is 11.3 Å². The van der Waals surface area contributed by atoms with E-state index in [1.807, 2.05) is 36.4 Å². The molecule has 0 saturated carbocycles. The standard InChI is InChI=1S/C23H23N3O4/c27-22(24-13-4-7-17-5-2-1-3-6-17)12-14-26-23(28)11-9-19(25-26)18-8-10-20-21(15-18)30-16-29-20/h1-3,5-6,8-11,15H,4,7,12-14,16H2,(H,24,27). The number of nitrogens with zero attached hydrogens (tertiary/aromatic N) is 2. The van der Waals surface area contributed by atoms with Crippen molar-refractivity contribution >= 4 is 5.91 Å². The van der Waals surface area contributed by atoms with Crippen LogP contribution >= 0.6 is 0 Å². The Bertz CT molecular complexity index is 1080. The number of hydrogen-bond acceptors (Lipinski definition) is 5. The van der Waals surface area contributed by atoms with Crippen LogP contribution in [0.15, 0.2) is 65.5 Å². The summed E-state index contributed by atoms with van der Waals surface area (Å²) in [5, 5.41) is 7.31. The number of nitrogens with one attached hydrogen (secondary N) is 1. The first kappa shape index (κ1) is 19.7. The molecule has 2 heterocycles. The maximum absolute atomic E-state index is 12.1. The number of fused-ring (bicyclic) bond motifs is 1. The van der Waals surface area contributed by atoms with Crippen LogP contribution in [0.2, 0.25) is 0 Å². The van der Waals surface area contributed by atoms with E-state index in [-0.39, 0.29) is 31.2 Å². The Morgan fingerprint density at radius 3 is 2.73 bits per heavy atom. The molecule has 7 nitrogen and oxygen atoms in total. The Morgan fingerprint density at radius 2 is 1.87 bits per heavy atom. The van der Waals surface area contributed by atoms with Crippen molar-refractivity contribution < 1.29 is 14.3 Å². The average molecular weight is 405 g/mol. The van der Waals surface area contributed by atoms with Gasteiger partial charge in [-0.1, -0.05) is 30.3 Å². The van der Waals surface area contributed by atoms with Gasteiger partial charge in [0.25, 0.3) is 5.56 Å². The highest BCUT2D eigenvalue weighted by Crippen LogP contribution is 2.35. The summed E-state index contributed by atoms with van der Waals surface area (Å²) in [5.74, 6) is 1.25. The summed E-state index contributed by atoms with van der Waals surface area (Å²) in [6.07, 6.45) is 1.98. The molecule has 0 saturated heterocycles. The fourth-order valence-corrected chi connectivity index (χ4v) is 3.28. The summed E-state index contributed by atoms with van der Waals surface area (Å²) in [6, 6.07) is 18.8. The fourth-order valence-electron chi connectivity index (χ4n) is 3.28. The second kappa shape index (κ2) is 9.26. The third-order valence-electron chi connectivity index (χ3n) is 4.89. The van der Waals surface area contributed by atoms with Crippen molar-refractivity contribution in [2.75, 3.05) is 13.3 Å². The van der Waals surface area contributed by atoms with E-state index in [0.29, 0.717) is 23.7 Å². The average Bonchev–Trinajstić information content (AvgIpc) is 3.25. The summed E-state index contributed by atoms with van der Waals surface area (Å²) in [4.78, 5) is 24.3. The van der Waals surface area contributed by atoms with Gasteiger partial charge < -0.3 is 14.8 Å². The fraction of sp³-hybridized carbons (Fsp3) is 0.261. The molecule has 1 aliphatic heterocycles. The van der Waals surface area contributed by atoms with Crippen molar-refractivity contribution in [1.82, 2.24) is 15.1 Å². The minimum atomic E-state index is -0.239. The molecule has 4 rings (SSSR count). The molecule has 1 N–H and O–H groups in total. The van der Waals surface area contributed by atoms with Gasteiger partial charge in [0.05, 0.1) is 12.2 Å². The van der Waals surface area contributed by atoms with Crippen molar-refractivity contribution in [3.63, 3.8) is 0 Å². The highest BCUT2D eigenvalue weighted by Gasteiger charge is 2.15. The molecule has 0 spiro atoms. The number of aryl methyl sites for hydroxylation is 2. The Labute approximate surface area is 174 Å². The predicted molar refractivity (Wildman–Crippen MR) is 112 cm³/mol. The van der Waals surface area contributed by atoms with Crippen molar-refractivity contribution in [3.05, 3.63) is 76.6 Å². The number of ether oxygens (including phenoxy) is 2. The number of aromatic nitrogens is 2. The second-order valence-corrected chi connectivity index (χ2v) is 7.04. The molecule has 154 valence electrons. The first-order chi connectivity index (χ1) is 14.7. The first-order valence-electron chi connectivity index (χ1n) is 9.98. The molecule has 0 unspecified atom stereocenters. The molecule has 1 aromatic heterocycles. The van der Waals surface area contributed by atoms with Gasteiger partial charge >= 0.3 is 0 Å². The third-order valence-corrected chi connectivity index (χ3v) is 4.89. The summed E-state index contributed by atoms with van der Waals surface area (Å²) in [5.41, 5.74) is 2.47. The molecule has 30 heavy (non-hydrogen) atoms. The Kier molecular flexibility index (Phi) is 6.08. The van der Waals surface area contributed by atoms with Gasteiger partial charge in [0.15, 0.2) is 11.5 Å². The van der Waals surface area contributed by atoms with Crippen LogP contribution < -0.4 is 20.3 Å². The quantitative estimate of drug-likeness (QED) is 0.583. The van der Waals surface area contributed by atoms with Crippen LogP contribution in [0, 0.1) is 0 Å². The smallest absolute Gasteiger partial charge is 0.266 e. The van der Waals surface area contributed by atoms with Gasteiger partial charge in [0.1, 0.15) is 0 Å². The number of carbonyl (C=O) groups excluding carboxylic acids is 1. The number of benzene rings is 2. The minimum absolute atomic E-state index is 0.0924. The van der Waals surface area contributed by atoms with Crippen LogP contribution in [0.4, 0.5) is 0 Å².